The SMILES string of the molecule is CCn1c(/C=C/C(O)=C2CCC2)cc2ccccc21. The number of para-hydroxylation sites is 1. The summed E-state index contributed by atoms with van der Waals surface area (Å²) in [6, 6.07) is 10.6. The first-order valence-corrected chi connectivity index (χ1v) is 6.97. The molecule has 1 fully saturated rings. The Morgan fingerprint density at radius 1 is 1.32 bits per heavy atom. The number of fused-ring (bicyclic) bond motifs is 1. The van der Waals surface area contributed by atoms with Crippen LogP contribution in [0.4, 0.5) is 0 Å². The van der Waals surface area contributed by atoms with Gasteiger partial charge in [-0.25, -0.2) is 0 Å². The zero-order valence-corrected chi connectivity index (χ0v) is 11.3. The van der Waals surface area contributed by atoms with Crippen molar-refractivity contribution in [2.75, 3.05) is 0 Å². The van der Waals surface area contributed by atoms with Crippen LogP contribution in [0.3, 0.4) is 0 Å². The fourth-order valence-electron chi connectivity index (χ4n) is 2.61. The summed E-state index contributed by atoms with van der Waals surface area (Å²) in [6.45, 7) is 3.08. The first-order chi connectivity index (χ1) is 9.29. The summed E-state index contributed by atoms with van der Waals surface area (Å²) in [4.78, 5) is 0. The Balaban J connectivity index is 1.98. The standard InChI is InChI=1S/C17H19NO/c1-2-18-15(10-11-17(19)13-7-5-8-13)12-14-6-3-4-9-16(14)18/h3-4,6,9-12,19H,2,5,7-8H2,1H3/b11-10+. The van der Waals surface area contributed by atoms with Crippen LogP contribution in [-0.2, 0) is 6.54 Å². The number of benzene rings is 1. The van der Waals surface area contributed by atoms with Crippen molar-refractivity contribution in [2.45, 2.75) is 32.7 Å². The number of aromatic nitrogens is 1. The van der Waals surface area contributed by atoms with E-state index in [0.717, 1.165) is 25.1 Å². The van der Waals surface area contributed by atoms with Crippen LogP contribution < -0.4 is 0 Å². The summed E-state index contributed by atoms with van der Waals surface area (Å²) in [6.07, 6.45) is 7.17. The zero-order chi connectivity index (χ0) is 13.2. The Hall–Kier alpha value is -1.96. The maximum Gasteiger partial charge on any atom is 0.114 e. The maximum absolute atomic E-state index is 9.95. The van der Waals surface area contributed by atoms with E-state index in [4.69, 9.17) is 0 Å². The van der Waals surface area contributed by atoms with Crippen LogP contribution in [0, 0.1) is 0 Å². The predicted molar refractivity (Wildman–Crippen MR) is 80.2 cm³/mol. The van der Waals surface area contributed by atoms with Crippen molar-refractivity contribution < 1.29 is 5.11 Å². The average molecular weight is 253 g/mol. The molecule has 1 saturated carbocycles. The Kier molecular flexibility index (Phi) is 3.16. The van der Waals surface area contributed by atoms with Crippen LogP contribution in [0.5, 0.6) is 0 Å². The summed E-state index contributed by atoms with van der Waals surface area (Å²) in [7, 11) is 0. The molecule has 2 aromatic rings. The van der Waals surface area contributed by atoms with E-state index < -0.39 is 0 Å². The predicted octanol–water partition coefficient (Wildman–Crippen LogP) is 4.67. The van der Waals surface area contributed by atoms with E-state index in [9.17, 15) is 5.11 Å². The highest BCUT2D eigenvalue weighted by molar-refractivity contribution is 5.83. The van der Waals surface area contributed by atoms with E-state index >= 15 is 0 Å². The summed E-state index contributed by atoms with van der Waals surface area (Å²) >= 11 is 0. The molecule has 0 unspecified atom stereocenters. The normalized spacial score (nSPS) is 15.1. The number of aryl methyl sites for hydroxylation is 1. The van der Waals surface area contributed by atoms with Crippen LogP contribution in [0.2, 0.25) is 0 Å². The highest BCUT2D eigenvalue weighted by Gasteiger charge is 2.12. The van der Waals surface area contributed by atoms with Crippen molar-refractivity contribution in [3.63, 3.8) is 0 Å². The van der Waals surface area contributed by atoms with Crippen molar-refractivity contribution in [3.8, 4) is 0 Å². The molecule has 3 rings (SSSR count). The second kappa shape index (κ2) is 4.96. The van der Waals surface area contributed by atoms with Gasteiger partial charge in [0.1, 0.15) is 5.76 Å². The fraction of sp³-hybridized carbons (Fsp3) is 0.294. The molecule has 1 aliphatic rings. The molecule has 2 nitrogen and oxygen atoms in total. The maximum atomic E-state index is 9.95. The Morgan fingerprint density at radius 2 is 2.11 bits per heavy atom. The van der Waals surface area contributed by atoms with E-state index in [0.29, 0.717) is 5.76 Å². The molecule has 0 amide bonds. The summed E-state index contributed by atoms with van der Waals surface area (Å²) < 4.78 is 2.27. The minimum Gasteiger partial charge on any atom is -0.508 e. The summed E-state index contributed by atoms with van der Waals surface area (Å²) in [5.74, 6) is 0.458. The Bertz CT molecular complexity index is 655. The number of aliphatic hydroxyl groups is 1. The number of hydrogen-bond donors (Lipinski definition) is 1. The van der Waals surface area contributed by atoms with Crippen molar-refractivity contribution in [2.24, 2.45) is 0 Å². The lowest BCUT2D eigenvalue weighted by Gasteiger charge is -2.16. The van der Waals surface area contributed by atoms with Crippen LogP contribution >= 0.6 is 0 Å². The Morgan fingerprint density at radius 3 is 2.79 bits per heavy atom. The first kappa shape index (κ1) is 12.1. The van der Waals surface area contributed by atoms with Gasteiger partial charge >= 0.3 is 0 Å². The summed E-state index contributed by atoms with van der Waals surface area (Å²) in [5.41, 5.74) is 3.59. The third kappa shape index (κ3) is 2.19. The molecule has 0 atom stereocenters. The molecule has 1 aliphatic carbocycles. The van der Waals surface area contributed by atoms with Crippen LogP contribution in [0.15, 0.2) is 47.7 Å². The van der Waals surface area contributed by atoms with Gasteiger partial charge in [-0.1, -0.05) is 18.2 Å². The lowest BCUT2D eigenvalue weighted by Crippen LogP contribution is -2.00. The third-order valence-corrected chi connectivity index (χ3v) is 3.89. The molecule has 0 spiro atoms. The second-order valence-corrected chi connectivity index (χ2v) is 5.05. The number of hydrogen-bond acceptors (Lipinski definition) is 1. The molecule has 0 bridgehead atoms. The number of allylic oxidation sites excluding steroid dienone is 2. The van der Waals surface area contributed by atoms with E-state index in [2.05, 4.69) is 41.8 Å². The van der Waals surface area contributed by atoms with Crippen LogP contribution in [-0.4, -0.2) is 9.67 Å². The van der Waals surface area contributed by atoms with Gasteiger partial charge in [0.25, 0.3) is 0 Å². The lowest BCUT2D eigenvalue weighted by molar-refractivity contribution is 0.407. The van der Waals surface area contributed by atoms with Gasteiger partial charge in [0, 0.05) is 23.1 Å². The monoisotopic (exact) mass is 253 g/mol. The smallest absolute Gasteiger partial charge is 0.114 e. The highest BCUT2D eigenvalue weighted by atomic mass is 16.3. The molecule has 19 heavy (non-hydrogen) atoms. The minimum absolute atomic E-state index is 0.458. The average Bonchev–Trinajstić information content (AvgIpc) is 2.71. The second-order valence-electron chi connectivity index (χ2n) is 5.05. The van der Waals surface area contributed by atoms with E-state index in [1.165, 1.54) is 22.9 Å². The van der Waals surface area contributed by atoms with Gasteiger partial charge in [-0.15, -0.1) is 0 Å². The van der Waals surface area contributed by atoms with E-state index in [-0.39, 0.29) is 0 Å². The summed E-state index contributed by atoms with van der Waals surface area (Å²) in [5, 5.41) is 11.2. The lowest BCUT2D eigenvalue weighted by atomic mass is 9.91. The van der Waals surface area contributed by atoms with Gasteiger partial charge in [0.2, 0.25) is 0 Å². The van der Waals surface area contributed by atoms with Gasteiger partial charge in [-0.3, -0.25) is 0 Å². The number of aliphatic hydroxyl groups excluding tert-OH is 1. The van der Waals surface area contributed by atoms with Crippen molar-refractivity contribution in [1.82, 2.24) is 4.57 Å². The molecule has 1 aromatic heterocycles. The number of rotatable bonds is 3. The molecule has 0 radical (unpaired) electrons. The van der Waals surface area contributed by atoms with Crippen molar-refractivity contribution in [3.05, 3.63) is 53.4 Å². The zero-order valence-electron chi connectivity index (χ0n) is 11.3. The molecule has 1 aromatic carbocycles. The van der Waals surface area contributed by atoms with E-state index in [1.807, 2.05) is 12.2 Å². The first-order valence-electron chi connectivity index (χ1n) is 6.97. The van der Waals surface area contributed by atoms with Crippen molar-refractivity contribution in [1.29, 1.82) is 0 Å². The molecule has 98 valence electrons. The molecule has 2 heteroatoms. The quantitative estimate of drug-likeness (QED) is 0.790. The molecular weight excluding hydrogens is 234 g/mol. The molecule has 0 saturated heterocycles. The molecule has 1 heterocycles. The Labute approximate surface area is 113 Å². The highest BCUT2D eigenvalue weighted by Crippen LogP contribution is 2.28. The fourth-order valence-corrected chi connectivity index (χ4v) is 2.61. The van der Waals surface area contributed by atoms with Gasteiger partial charge in [-0.2, -0.15) is 0 Å². The van der Waals surface area contributed by atoms with Crippen LogP contribution in [0.25, 0.3) is 17.0 Å². The van der Waals surface area contributed by atoms with Crippen LogP contribution in [0.1, 0.15) is 31.9 Å². The largest absolute Gasteiger partial charge is 0.508 e. The molecule has 1 N–H and O–H groups in total. The van der Waals surface area contributed by atoms with Crippen molar-refractivity contribution >= 4 is 17.0 Å². The third-order valence-electron chi connectivity index (χ3n) is 3.89. The topological polar surface area (TPSA) is 25.2 Å². The van der Waals surface area contributed by atoms with Gasteiger partial charge < -0.3 is 9.67 Å². The molecular formula is C17H19NO. The minimum atomic E-state index is 0.458. The number of nitrogens with zero attached hydrogens (tertiary/aromatic N) is 1. The van der Waals surface area contributed by atoms with E-state index in [1.54, 1.807) is 0 Å². The van der Waals surface area contributed by atoms with Gasteiger partial charge in [0.15, 0.2) is 0 Å². The van der Waals surface area contributed by atoms with Gasteiger partial charge in [-0.05, 0) is 56.0 Å². The van der Waals surface area contributed by atoms with Gasteiger partial charge in [0.05, 0.1) is 0 Å². The molecule has 0 aliphatic heterocycles.